The second-order valence-corrected chi connectivity index (χ2v) is 12.4. The molecule has 1 aromatic carbocycles. The van der Waals surface area contributed by atoms with Crippen molar-refractivity contribution in [1.29, 1.82) is 0 Å². The van der Waals surface area contributed by atoms with Crippen LogP contribution < -0.4 is 10.5 Å². The lowest BCUT2D eigenvalue weighted by Crippen LogP contribution is -2.46. The molecule has 8 nitrogen and oxygen atoms in total. The highest BCUT2D eigenvalue weighted by atomic mass is 32.2. The summed E-state index contributed by atoms with van der Waals surface area (Å²) >= 11 is 1.60. The van der Waals surface area contributed by atoms with Crippen LogP contribution in [-0.2, 0) is 16.3 Å². The van der Waals surface area contributed by atoms with Crippen molar-refractivity contribution in [2.24, 2.45) is 15.7 Å². The summed E-state index contributed by atoms with van der Waals surface area (Å²) in [4.78, 5) is 17.3. The minimum Gasteiger partial charge on any atom is -0.492 e. The zero-order valence-electron chi connectivity index (χ0n) is 19.5. The van der Waals surface area contributed by atoms with Gasteiger partial charge < -0.3 is 15.4 Å². The summed E-state index contributed by atoms with van der Waals surface area (Å²) in [5.41, 5.74) is 8.97. The molecule has 0 bridgehead atoms. The minimum absolute atomic E-state index is 0.0875. The van der Waals surface area contributed by atoms with Gasteiger partial charge in [0.05, 0.1) is 23.9 Å². The van der Waals surface area contributed by atoms with Crippen LogP contribution in [0.2, 0.25) is 0 Å². The molecule has 2 aromatic rings. The van der Waals surface area contributed by atoms with E-state index in [4.69, 9.17) is 15.5 Å². The van der Waals surface area contributed by atoms with Crippen molar-refractivity contribution in [1.82, 2.24) is 9.88 Å². The van der Waals surface area contributed by atoms with E-state index in [9.17, 15) is 8.42 Å². The van der Waals surface area contributed by atoms with Crippen molar-refractivity contribution in [3.8, 4) is 17.0 Å². The van der Waals surface area contributed by atoms with E-state index in [0.29, 0.717) is 30.7 Å². The Balaban J connectivity index is 1.56. The minimum atomic E-state index is -2.93. The number of aliphatic imine (C=N–C) groups is 2. The quantitative estimate of drug-likeness (QED) is 0.493. The molecule has 0 atom stereocenters. The van der Waals surface area contributed by atoms with E-state index < -0.39 is 9.84 Å². The Morgan fingerprint density at radius 3 is 2.79 bits per heavy atom. The Morgan fingerprint density at radius 2 is 2.12 bits per heavy atom. The molecule has 0 aliphatic carbocycles. The lowest BCUT2D eigenvalue weighted by Gasteiger charge is -2.39. The van der Waals surface area contributed by atoms with Crippen molar-refractivity contribution in [2.45, 2.75) is 39.2 Å². The summed E-state index contributed by atoms with van der Waals surface area (Å²) in [5.74, 6) is 2.47. The van der Waals surface area contributed by atoms with E-state index in [0.717, 1.165) is 46.4 Å². The zero-order chi connectivity index (χ0) is 23.8. The van der Waals surface area contributed by atoms with Crippen LogP contribution in [0.5, 0.6) is 5.75 Å². The van der Waals surface area contributed by atoms with Crippen LogP contribution in [0, 0.1) is 0 Å². The van der Waals surface area contributed by atoms with Gasteiger partial charge in [0.2, 0.25) is 0 Å². The summed E-state index contributed by atoms with van der Waals surface area (Å²) in [6.45, 7) is 8.68. The maximum absolute atomic E-state index is 11.4. The lowest BCUT2D eigenvalue weighted by atomic mass is 9.90. The Hall–Kier alpha value is -2.30. The van der Waals surface area contributed by atoms with E-state index in [1.54, 1.807) is 18.3 Å². The Labute approximate surface area is 199 Å². The fourth-order valence-corrected chi connectivity index (χ4v) is 5.58. The van der Waals surface area contributed by atoms with Crippen LogP contribution in [0.3, 0.4) is 0 Å². The highest BCUT2D eigenvalue weighted by Crippen LogP contribution is 2.40. The molecule has 3 heterocycles. The van der Waals surface area contributed by atoms with E-state index in [1.165, 1.54) is 11.8 Å². The number of nitrogens with zero attached hydrogens (tertiary/aromatic N) is 4. The molecule has 10 heteroatoms. The smallest absolute Gasteiger partial charge is 0.186 e. The van der Waals surface area contributed by atoms with E-state index >= 15 is 0 Å². The average Bonchev–Trinajstić information content (AvgIpc) is 3.01. The number of hydrogen-bond acceptors (Lipinski definition) is 7. The standard InChI is InChI=1S/C23H31N5O3S2/c1-14(2)25-22(26-15(3)24)23-27-21-18-6-5-16(11-19(18)31-9-7-20(21)32-23)17-12-28(13-17)8-10-33(4,29)30/h5-6,11,14,17H,7-10,12-13H2,1-4H3,(H2,24,25,26). The van der Waals surface area contributed by atoms with Gasteiger partial charge in [0.15, 0.2) is 10.8 Å². The fourth-order valence-electron chi connectivity index (χ4n) is 3.99. The second kappa shape index (κ2) is 9.52. The van der Waals surface area contributed by atoms with Crippen LogP contribution in [-0.4, -0.2) is 74.3 Å². The number of rotatable bonds is 6. The predicted molar refractivity (Wildman–Crippen MR) is 135 cm³/mol. The van der Waals surface area contributed by atoms with E-state index in [-0.39, 0.29) is 11.8 Å². The molecule has 2 aliphatic heterocycles. The van der Waals surface area contributed by atoms with E-state index in [2.05, 4.69) is 33.1 Å². The van der Waals surface area contributed by atoms with Crippen molar-refractivity contribution in [3.63, 3.8) is 0 Å². The SMILES string of the molecule is CC(N)=NC(=NC(C)C)c1nc2c(s1)CCOc1cc(C3CN(CCS(C)(=O)=O)C3)ccc1-2. The van der Waals surface area contributed by atoms with Gasteiger partial charge in [-0.05, 0) is 38.5 Å². The Bertz CT molecular complexity index is 1190. The van der Waals surface area contributed by atoms with Crippen molar-refractivity contribution >= 4 is 32.8 Å². The van der Waals surface area contributed by atoms with Gasteiger partial charge >= 0.3 is 0 Å². The van der Waals surface area contributed by atoms with Gasteiger partial charge in [-0.1, -0.05) is 6.07 Å². The van der Waals surface area contributed by atoms with Crippen LogP contribution in [0.4, 0.5) is 0 Å². The summed E-state index contributed by atoms with van der Waals surface area (Å²) in [5, 5.41) is 0.774. The van der Waals surface area contributed by atoms with Crippen molar-refractivity contribution < 1.29 is 13.2 Å². The highest BCUT2D eigenvalue weighted by Gasteiger charge is 2.30. The summed E-state index contributed by atoms with van der Waals surface area (Å²) < 4.78 is 28.9. The van der Waals surface area contributed by atoms with E-state index in [1.807, 2.05) is 13.8 Å². The first kappa shape index (κ1) is 23.8. The Morgan fingerprint density at radius 1 is 1.36 bits per heavy atom. The van der Waals surface area contributed by atoms with Gasteiger partial charge in [0.25, 0.3) is 0 Å². The van der Waals surface area contributed by atoms with Gasteiger partial charge in [-0.25, -0.2) is 18.4 Å². The monoisotopic (exact) mass is 489 g/mol. The van der Waals surface area contributed by atoms with Gasteiger partial charge in [0, 0.05) is 54.7 Å². The first-order valence-corrected chi connectivity index (χ1v) is 14.0. The summed E-state index contributed by atoms with van der Waals surface area (Å²) in [7, 11) is -2.93. The van der Waals surface area contributed by atoms with Crippen molar-refractivity contribution in [2.75, 3.05) is 38.2 Å². The van der Waals surface area contributed by atoms with Crippen LogP contribution in [0.15, 0.2) is 28.2 Å². The van der Waals surface area contributed by atoms with Crippen LogP contribution >= 0.6 is 11.3 Å². The molecule has 178 valence electrons. The molecule has 2 aliphatic rings. The number of sulfone groups is 1. The molecule has 0 spiro atoms. The first-order valence-electron chi connectivity index (χ1n) is 11.1. The number of aromatic nitrogens is 1. The van der Waals surface area contributed by atoms with Gasteiger partial charge in [-0.15, -0.1) is 11.3 Å². The maximum atomic E-state index is 11.4. The van der Waals surface area contributed by atoms with Gasteiger partial charge in [-0.2, -0.15) is 0 Å². The second-order valence-electron chi connectivity index (χ2n) is 9.03. The summed E-state index contributed by atoms with van der Waals surface area (Å²) in [6.07, 6.45) is 2.06. The van der Waals surface area contributed by atoms with Gasteiger partial charge in [0.1, 0.15) is 15.6 Å². The molecule has 0 amide bonds. The molecular weight excluding hydrogens is 458 g/mol. The molecule has 33 heavy (non-hydrogen) atoms. The number of likely N-dealkylation sites (tertiary alicyclic amines) is 1. The molecular formula is C23H31N5O3S2. The molecule has 2 N–H and O–H groups in total. The molecule has 0 unspecified atom stereocenters. The van der Waals surface area contributed by atoms with Gasteiger partial charge in [-0.3, -0.25) is 4.99 Å². The van der Waals surface area contributed by atoms with Crippen LogP contribution in [0.1, 0.15) is 42.1 Å². The third-order valence-electron chi connectivity index (χ3n) is 5.61. The number of benzene rings is 1. The topological polar surface area (TPSA) is 110 Å². The largest absolute Gasteiger partial charge is 0.492 e. The third kappa shape index (κ3) is 5.80. The van der Waals surface area contributed by atoms with Crippen molar-refractivity contribution in [3.05, 3.63) is 33.6 Å². The van der Waals surface area contributed by atoms with Crippen LogP contribution in [0.25, 0.3) is 11.3 Å². The number of thiazole rings is 1. The lowest BCUT2D eigenvalue weighted by molar-refractivity contribution is 0.158. The first-order chi connectivity index (χ1) is 15.6. The fraction of sp³-hybridized carbons (Fsp3) is 0.522. The number of nitrogens with two attached hydrogens (primary N) is 1. The highest BCUT2D eigenvalue weighted by molar-refractivity contribution is 7.90. The molecule has 0 radical (unpaired) electrons. The Kier molecular flexibility index (Phi) is 6.88. The maximum Gasteiger partial charge on any atom is 0.186 e. The number of amidine groups is 2. The summed E-state index contributed by atoms with van der Waals surface area (Å²) in [6, 6.07) is 6.44. The zero-order valence-corrected chi connectivity index (χ0v) is 21.2. The molecule has 1 fully saturated rings. The molecule has 1 saturated heterocycles. The number of ether oxygens (including phenoxy) is 1. The number of hydrogen-bond donors (Lipinski definition) is 1. The molecule has 4 rings (SSSR count). The normalized spacial score (nSPS) is 17.8. The number of fused-ring (bicyclic) bond motifs is 3. The molecule has 1 aromatic heterocycles. The predicted octanol–water partition coefficient (Wildman–Crippen LogP) is 2.72. The average molecular weight is 490 g/mol. The molecule has 0 saturated carbocycles. The third-order valence-corrected chi connectivity index (χ3v) is 7.64.